The van der Waals surface area contributed by atoms with Gasteiger partial charge in [-0.2, -0.15) is 16.3 Å². The maximum atomic E-state index is 5.37. The molecule has 0 fully saturated rings. The highest BCUT2D eigenvalue weighted by atomic mass is 32.1. The molecule has 0 saturated carbocycles. The van der Waals surface area contributed by atoms with Gasteiger partial charge in [-0.25, -0.2) is 0 Å². The molecule has 13 heavy (non-hydrogen) atoms. The van der Waals surface area contributed by atoms with E-state index in [0.29, 0.717) is 24.7 Å². The van der Waals surface area contributed by atoms with Crippen molar-refractivity contribution in [3.05, 3.63) is 22.7 Å². The highest BCUT2D eigenvalue weighted by molar-refractivity contribution is 7.08. The lowest BCUT2D eigenvalue weighted by Crippen LogP contribution is -2.03. The van der Waals surface area contributed by atoms with Crippen LogP contribution in [0.5, 0.6) is 0 Å². The van der Waals surface area contributed by atoms with Gasteiger partial charge in [0, 0.05) is 11.8 Å². The van der Waals surface area contributed by atoms with E-state index in [9.17, 15) is 0 Å². The average molecular weight is 195 g/mol. The zero-order valence-corrected chi connectivity index (χ0v) is 7.75. The molecule has 2 rings (SSSR count). The molecular formula is C8H9N3OS. The summed E-state index contributed by atoms with van der Waals surface area (Å²) in [6.45, 7) is 0.544. The first kappa shape index (κ1) is 8.40. The van der Waals surface area contributed by atoms with Gasteiger partial charge in [0.05, 0.1) is 5.56 Å². The van der Waals surface area contributed by atoms with E-state index in [1.165, 1.54) is 0 Å². The third-order valence-electron chi connectivity index (χ3n) is 1.60. The molecule has 2 aromatic rings. The normalized spacial score (nSPS) is 10.5. The van der Waals surface area contributed by atoms with Crippen LogP contribution in [0.3, 0.4) is 0 Å². The molecule has 0 aliphatic heterocycles. The Labute approximate surface area is 79.4 Å². The fourth-order valence-electron chi connectivity index (χ4n) is 0.988. The molecule has 68 valence electrons. The van der Waals surface area contributed by atoms with Crippen LogP contribution < -0.4 is 5.73 Å². The molecule has 0 saturated heterocycles. The Morgan fingerprint density at radius 3 is 3.15 bits per heavy atom. The number of aromatic nitrogens is 2. The summed E-state index contributed by atoms with van der Waals surface area (Å²) in [5, 5.41) is 7.75. The van der Waals surface area contributed by atoms with E-state index in [-0.39, 0.29) is 0 Å². The van der Waals surface area contributed by atoms with Crippen molar-refractivity contribution >= 4 is 11.3 Å². The van der Waals surface area contributed by atoms with Crippen LogP contribution in [0, 0.1) is 0 Å². The molecule has 0 spiro atoms. The first-order chi connectivity index (χ1) is 6.40. The van der Waals surface area contributed by atoms with Crippen molar-refractivity contribution in [2.75, 3.05) is 6.54 Å². The summed E-state index contributed by atoms with van der Waals surface area (Å²) in [5.41, 5.74) is 6.34. The van der Waals surface area contributed by atoms with Gasteiger partial charge in [0.1, 0.15) is 0 Å². The fraction of sp³-hybridized carbons (Fsp3) is 0.250. The minimum absolute atomic E-state index is 0.544. The lowest BCUT2D eigenvalue weighted by Gasteiger charge is -1.84. The summed E-state index contributed by atoms with van der Waals surface area (Å²) < 4.78 is 5.05. The standard InChI is InChI=1S/C8H9N3OS/c9-3-1-7-10-8(12-11-7)6-2-4-13-5-6/h2,4-5H,1,3,9H2. The third kappa shape index (κ3) is 1.76. The second-order valence-corrected chi connectivity index (χ2v) is 3.35. The smallest absolute Gasteiger partial charge is 0.258 e. The number of nitrogens with two attached hydrogens (primary N) is 1. The molecule has 0 amide bonds. The Balaban J connectivity index is 2.23. The summed E-state index contributed by atoms with van der Waals surface area (Å²) in [6.07, 6.45) is 0.660. The van der Waals surface area contributed by atoms with Crippen LogP contribution in [0.25, 0.3) is 11.5 Å². The lowest BCUT2D eigenvalue weighted by molar-refractivity contribution is 0.423. The summed E-state index contributed by atoms with van der Waals surface area (Å²) in [7, 11) is 0. The van der Waals surface area contributed by atoms with Crippen molar-refractivity contribution in [1.29, 1.82) is 0 Å². The predicted molar refractivity (Wildman–Crippen MR) is 50.4 cm³/mol. The topological polar surface area (TPSA) is 64.9 Å². The van der Waals surface area contributed by atoms with Crippen molar-refractivity contribution in [1.82, 2.24) is 10.1 Å². The van der Waals surface area contributed by atoms with E-state index in [1.54, 1.807) is 11.3 Å². The van der Waals surface area contributed by atoms with Crippen LogP contribution in [-0.4, -0.2) is 16.7 Å². The molecule has 2 aromatic heterocycles. The average Bonchev–Trinajstić information content (AvgIpc) is 2.70. The maximum absolute atomic E-state index is 5.37. The summed E-state index contributed by atoms with van der Waals surface area (Å²) in [6, 6.07) is 1.95. The molecule has 0 bridgehead atoms. The molecule has 4 nitrogen and oxygen atoms in total. The molecular weight excluding hydrogens is 186 g/mol. The van der Waals surface area contributed by atoms with Crippen LogP contribution in [-0.2, 0) is 6.42 Å². The molecule has 0 atom stereocenters. The van der Waals surface area contributed by atoms with Gasteiger partial charge >= 0.3 is 0 Å². The van der Waals surface area contributed by atoms with E-state index >= 15 is 0 Å². The Hall–Kier alpha value is -1.20. The Kier molecular flexibility index (Phi) is 2.37. The highest BCUT2D eigenvalue weighted by Gasteiger charge is 2.07. The summed E-state index contributed by atoms with van der Waals surface area (Å²) in [4.78, 5) is 4.19. The minimum Gasteiger partial charge on any atom is -0.334 e. The van der Waals surface area contributed by atoms with Gasteiger partial charge in [0.25, 0.3) is 5.89 Å². The Morgan fingerprint density at radius 2 is 2.46 bits per heavy atom. The molecule has 0 aliphatic carbocycles. The molecule has 5 heteroatoms. The van der Waals surface area contributed by atoms with Crippen LogP contribution in [0.2, 0.25) is 0 Å². The first-order valence-corrected chi connectivity index (χ1v) is 4.89. The van der Waals surface area contributed by atoms with Crippen LogP contribution >= 0.6 is 11.3 Å². The molecule has 0 aromatic carbocycles. The molecule has 0 radical (unpaired) electrons. The number of hydrogen-bond donors (Lipinski definition) is 1. The van der Waals surface area contributed by atoms with Gasteiger partial charge < -0.3 is 10.3 Å². The Morgan fingerprint density at radius 1 is 1.54 bits per heavy atom. The molecule has 0 unspecified atom stereocenters. The van der Waals surface area contributed by atoms with Gasteiger partial charge in [-0.3, -0.25) is 0 Å². The zero-order chi connectivity index (χ0) is 9.10. The largest absolute Gasteiger partial charge is 0.334 e. The van der Waals surface area contributed by atoms with E-state index in [0.717, 1.165) is 5.56 Å². The van der Waals surface area contributed by atoms with Crippen molar-refractivity contribution in [3.8, 4) is 11.5 Å². The summed E-state index contributed by atoms with van der Waals surface area (Å²) in [5.74, 6) is 1.24. The van der Waals surface area contributed by atoms with Crippen molar-refractivity contribution < 1.29 is 4.52 Å². The van der Waals surface area contributed by atoms with Crippen molar-refractivity contribution in [3.63, 3.8) is 0 Å². The van der Waals surface area contributed by atoms with Gasteiger partial charge in [0.2, 0.25) is 0 Å². The molecule has 2 heterocycles. The van der Waals surface area contributed by atoms with Crippen molar-refractivity contribution in [2.45, 2.75) is 6.42 Å². The van der Waals surface area contributed by atoms with Crippen LogP contribution in [0.1, 0.15) is 5.82 Å². The molecule has 0 aliphatic rings. The monoisotopic (exact) mass is 195 g/mol. The Bertz CT molecular complexity index is 368. The number of hydrogen-bond acceptors (Lipinski definition) is 5. The SMILES string of the molecule is NCCc1noc(-c2ccsc2)n1. The molecule has 2 N–H and O–H groups in total. The van der Waals surface area contributed by atoms with Crippen molar-refractivity contribution in [2.24, 2.45) is 5.73 Å². The number of nitrogens with zero attached hydrogens (tertiary/aromatic N) is 2. The predicted octanol–water partition coefficient (Wildman–Crippen LogP) is 1.30. The van der Waals surface area contributed by atoms with Crippen LogP contribution in [0.4, 0.5) is 0 Å². The van der Waals surface area contributed by atoms with Gasteiger partial charge in [0.15, 0.2) is 5.82 Å². The first-order valence-electron chi connectivity index (χ1n) is 3.95. The third-order valence-corrected chi connectivity index (χ3v) is 2.29. The second-order valence-electron chi connectivity index (χ2n) is 2.57. The van der Waals surface area contributed by atoms with Gasteiger partial charge in [-0.1, -0.05) is 5.16 Å². The van der Waals surface area contributed by atoms with Gasteiger partial charge in [-0.15, -0.1) is 0 Å². The number of thiophene rings is 1. The second kappa shape index (κ2) is 3.68. The van der Waals surface area contributed by atoms with E-state index in [1.807, 2.05) is 16.8 Å². The summed E-state index contributed by atoms with van der Waals surface area (Å²) >= 11 is 1.60. The maximum Gasteiger partial charge on any atom is 0.258 e. The highest BCUT2D eigenvalue weighted by Crippen LogP contribution is 2.19. The minimum atomic E-state index is 0.544. The fourth-order valence-corrected chi connectivity index (χ4v) is 1.62. The number of rotatable bonds is 3. The van der Waals surface area contributed by atoms with Gasteiger partial charge in [-0.05, 0) is 18.0 Å². The van der Waals surface area contributed by atoms with E-state index in [4.69, 9.17) is 10.3 Å². The zero-order valence-electron chi connectivity index (χ0n) is 6.93. The lowest BCUT2D eigenvalue weighted by atomic mass is 10.3. The van der Waals surface area contributed by atoms with E-state index in [2.05, 4.69) is 10.1 Å². The van der Waals surface area contributed by atoms with Crippen LogP contribution in [0.15, 0.2) is 21.3 Å². The van der Waals surface area contributed by atoms with E-state index < -0.39 is 0 Å². The quantitative estimate of drug-likeness (QED) is 0.801.